The summed E-state index contributed by atoms with van der Waals surface area (Å²) in [6, 6.07) is 4.70. The minimum Gasteiger partial charge on any atom is -0.354 e. The monoisotopic (exact) mass is 326 g/mol. The first kappa shape index (κ1) is 18.5. The van der Waals surface area contributed by atoms with Gasteiger partial charge in [0.25, 0.3) is 0 Å². The molecule has 22 heavy (non-hydrogen) atoms. The van der Waals surface area contributed by atoms with Crippen LogP contribution in [0.4, 0.5) is 5.69 Å². The number of nitrogens with zero attached hydrogens (tertiary/aromatic N) is 1. The van der Waals surface area contributed by atoms with E-state index >= 15 is 0 Å². The highest BCUT2D eigenvalue weighted by Gasteiger charge is 2.31. The van der Waals surface area contributed by atoms with Crippen LogP contribution in [0.2, 0.25) is 0 Å². The van der Waals surface area contributed by atoms with Gasteiger partial charge in [0, 0.05) is 6.54 Å². The first-order valence-corrected chi connectivity index (χ1v) is 9.41. The number of hydrogen-bond acceptors (Lipinski definition) is 3. The summed E-state index contributed by atoms with van der Waals surface area (Å²) in [4.78, 5) is 12.3. The summed E-state index contributed by atoms with van der Waals surface area (Å²) in [5, 5.41) is 2.79. The van der Waals surface area contributed by atoms with Crippen LogP contribution < -0.4 is 9.62 Å². The SMILES string of the molecule is CCCNC(=O)C(CC)N(c1ccc(C)c(C)c1)S(C)(=O)=O. The summed E-state index contributed by atoms with van der Waals surface area (Å²) in [5.41, 5.74) is 2.61. The summed E-state index contributed by atoms with van der Waals surface area (Å²) >= 11 is 0. The topological polar surface area (TPSA) is 66.5 Å². The minimum atomic E-state index is -3.56. The van der Waals surface area contributed by atoms with Gasteiger partial charge in [-0.05, 0) is 49.9 Å². The molecule has 0 fully saturated rings. The summed E-state index contributed by atoms with van der Waals surface area (Å²) in [6.07, 6.45) is 2.36. The maximum absolute atomic E-state index is 12.3. The fraction of sp³-hybridized carbons (Fsp3) is 0.562. The van der Waals surface area contributed by atoms with Crippen LogP contribution >= 0.6 is 0 Å². The first-order valence-electron chi connectivity index (χ1n) is 7.56. The van der Waals surface area contributed by atoms with Gasteiger partial charge in [-0.3, -0.25) is 9.10 Å². The van der Waals surface area contributed by atoms with E-state index in [1.54, 1.807) is 6.07 Å². The van der Waals surface area contributed by atoms with E-state index < -0.39 is 16.1 Å². The van der Waals surface area contributed by atoms with Crippen molar-refractivity contribution >= 4 is 21.6 Å². The molecule has 0 heterocycles. The zero-order chi connectivity index (χ0) is 16.9. The van der Waals surface area contributed by atoms with Gasteiger partial charge in [-0.2, -0.15) is 0 Å². The van der Waals surface area contributed by atoms with Gasteiger partial charge in [-0.1, -0.05) is 19.9 Å². The van der Waals surface area contributed by atoms with Crippen molar-refractivity contribution in [1.82, 2.24) is 5.32 Å². The molecule has 1 rings (SSSR count). The predicted octanol–water partition coefficient (Wildman–Crippen LogP) is 2.37. The molecule has 1 unspecified atom stereocenters. The molecule has 0 aliphatic carbocycles. The molecule has 0 spiro atoms. The minimum absolute atomic E-state index is 0.256. The number of carbonyl (C=O) groups excluding carboxylic acids is 1. The third-order valence-electron chi connectivity index (χ3n) is 3.62. The van der Waals surface area contributed by atoms with E-state index in [0.717, 1.165) is 23.8 Å². The van der Waals surface area contributed by atoms with Crippen molar-refractivity contribution in [3.8, 4) is 0 Å². The molecular formula is C16H26N2O3S. The summed E-state index contributed by atoms with van der Waals surface area (Å²) in [6.45, 7) is 8.21. The number of sulfonamides is 1. The van der Waals surface area contributed by atoms with Crippen molar-refractivity contribution < 1.29 is 13.2 Å². The van der Waals surface area contributed by atoms with Crippen molar-refractivity contribution in [2.45, 2.75) is 46.6 Å². The molecule has 0 saturated carbocycles. The van der Waals surface area contributed by atoms with Crippen molar-refractivity contribution in [3.63, 3.8) is 0 Å². The van der Waals surface area contributed by atoms with Crippen LogP contribution in [0, 0.1) is 13.8 Å². The van der Waals surface area contributed by atoms with Crippen LogP contribution in [0.15, 0.2) is 18.2 Å². The number of benzene rings is 1. The van der Waals surface area contributed by atoms with Gasteiger partial charge >= 0.3 is 0 Å². The second-order valence-electron chi connectivity index (χ2n) is 5.54. The van der Waals surface area contributed by atoms with Gasteiger partial charge in [-0.25, -0.2) is 8.42 Å². The molecule has 0 aliphatic heterocycles. The molecule has 1 aromatic carbocycles. The van der Waals surface area contributed by atoms with E-state index in [1.165, 1.54) is 4.31 Å². The Labute approximate surface area is 133 Å². The second kappa shape index (κ2) is 7.63. The molecule has 1 aromatic rings. The Morgan fingerprint density at radius 1 is 1.23 bits per heavy atom. The average Bonchev–Trinajstić information content (AvgIpc) is 2.44. The lowest BCUT2D eigenvalue weighted by Crippen LogP contribution is -2.49. The fourth-order valence-electron chi connectivity index (χ4n) is 2.29. The number of amides is 1. The van der Waals surface area contributed by atoms with E-state index in [4.69, 9.17) is 0 Å². The Morgan fingerprint density at radius 2 is 1.86 bits per heavy atom. The molecule has 124 valence electrons. The molecule has 0 aliphatic rings. The normalized spacial score (nSPS) is 12.8. The van der Waals surface area contributed by atoms with Gasteiger partial charge < -0.3 is 5.32 Å². The number of hydrogen-bond donors (Lipinski definition) is 1. The quantitative estimate of drug-likeness (QED) is 0.836. The number of rotatable bonds is 7. The highest BCUT2D eigenvalue weighted by molar-refractivity contribution is 7.92. The van der Waals surface area contributed by atoms with Crippen LogP contribution in [-0.2, 0) is 14.8 Å². The third kappa shape index (κ3) is 4.47. The molecule has 1 amide bonds. The molecule has 0 radical (unpaired) electrons. The highest BCUT2D eigenvalue weighted by Crippen LogP contribution is 2.25. The van der Waals surface area contributed by atoms with Crippen molar-refractivity contribution in [2.75, 3.05) is 17.1 Å². The lowest BCUT2D eigenvalue weighted by Gasteiger charge is -2.30. The lowest BCUT2D eigenvalue weighted by molar-refractivity contribution is -0.122. The number of anilines is 1. The first-order chi connectivity index (χ1) is 10.2. The van der Waals surface area contributed by atoms with Crippen LogP contribution in [-0.4, -0.2) is 33.2 Å². The van der Waals surface area contributed by atoms with Crippen LogP contribution in [0.1, 0.15) is 37.8 Å². The van der Waals surface area contributed by atoms with Gasteiger partial charge in [0.1, 0.15) is 6.04 Å². The largest absolute Gasteiger partial charge is 0.354 e. The average molecular weight is 326 g/mol. The van der Waals surface area contributed by atoms with Gasteiger partial charge in [0.05, 0.1) is 11.9 Å². The summed E-state index contributed by atoms with van der Waals surface area (Å²) in [5.74, 6) is -0.256. The number of carbonyl (C=O) groups is 1. The zero-order valence-electron chi connectivity index (χ0n) is 14.0. The Balaban J connectivity index is 3.27. The third-order valence-corrected chi connectivity index (χ3v) is 4.80. The van der Waals surface area contributed by atoms with E-state index in [2.05, 4.69) is 5.32 Å². The van der Waals surface area contributed by atoms with Gasteiger partial charge in [0.2, 0.25) is 15.9 Å². The number of aryl methyl sites for hydroxylation is 2. The molecule has 1 atom stereocenters. The molecule has 1 N–H and O–H groups in total. The molecule has 0 bridgehead atoms. The van der Waals surface area contributed by atoms with Crippen LogP contribution in [0.25, 0.3) is 0 Å². The fourth-order valence-corrected chi connectivity index (χ4v) is 3.49. The van der Waals surface area contributed by atoms with E-state index in [9.17, 15) is 13.2 Å². The van der Waals surface area contributed by atoms with Crippen molar-refractivity contribution in [3.05, 3.63) is 29.3 Å². The highest BCUT2D eigenvalue weighted by atomic mass is 32.2. The zero-order valence-corrected chi connectivity index (χ0v) is 14.8. The van der Waals surface area contributed by atoms with Gasteiger partial charge in [0.15, 0.2) is 0 Å². The summed E-state index contributed by atoms with van der Waals surface area (Å²) in [7, 11) is -3.56. The van der Waals surface area contributed by atoms with Gasteiger partial charge in [-0.15, -0.1) is 0 Å². The molecule has 0 saturated heterocycles. The van der Waals surface area contributed by atoms with Crippen molar-refractivity contribution in [2.24, 2.45) is 0 Å². The number of nitrogens with one attached hydrogen (secondary N) is 1. The maximum atomic E-state index is 12.3. The maximum Gasteiger partial charge on any atom is 0.243 e. The standard InChI is InChI=1S/C16H26N2O3S/c1-6-10-17-16(19)15(7-2)18(22(5,20)21)14-9-8-12(3)13(4)11-14/h8-9,11,15H,6-7,10H2,1-5H3,(H,17,19). The van der Waals surface area contributed by atoms with Crippen LogP contribution in [0.3, 0.4) is 0 Å². The molecule has 0 aromatic heterocycles. The van der Waals surface area contributed by atoms with Crippen molar-refractivity contribution in [1.29, 1.82) is 0 Å². The Kier molecular flexibility index (Phi) is 6.41. The Morgan fingerprint density at radius 3 is 2.32 bits per heavy atom. The predicted molar refractivity (Wildman–Crippen MR) is 90.6 cm³/mol. The van der Waals surface area contributed by atoms with E-state index in [-0.39, 0.29) is 5.91 Å². The van der Waals surface area contributed by atoms with Crippen LogP contribution in [0.5, 0.6) is 0 Å². The van der Waals surface area contributed by atoms with E-state index in [0.29, 0.717) is 18.7 Å². The Hall–Kier alpha value is -1.56. The molecule has 5 nitrogen and oxygen atoms in total. The molecule has 6 heteroatoms. The summed E-state index contributed by atoms with van der Waals surface area (Å²) < 4.78 is 25.7. The smallest absolute Gasteiger partial charge is 0.243 e. The van der Waals surface area contributed by atoms with E-state index in [1.807, 2.05) is 39.8 Å². The molecular weight excluding hydrogens is 300 g/mol. The lowest BCUT2D eigenvalue weighted by atomic mass is 10.1. The Bertz CT molecular complexity index is 626. The second-order valence-corrected chi connectivity index (χ2v) is 7.40.